The Morgan fingerprint density at radius 2 is 2.00 bits per heavy atom. The number of rotatable bonds is 6. The number of ether oxygens (including phenoxy) is 1. The average Bonchev–Trinajstić information content (AvgIpc) is 3.47. The Balaban J connectivity index is 1.39. The van der Waals surface area contributed by atoms with Gasteiger partial charge in [-0.25, -0.2) is 35.6 Å². The first-order valence-corrected chi connectivity index (χ1v) is 10.5. The van der Waals surface area contributed by atoms with Crippen LogP contribution < -0.4 is 10.6 Å². The van der Waals surface area contributed by atoms with Gasteiger partial charge in [-0.3, -0.25) is 4.90 Å². The fraction of sp³-hybridized carbons (Fsp3) is 0.318. The van der Waals surface area contributed by atoms with Crippen molar-refractivity contribution >= 4 is 23.9 Å². The minimum absolute atomic E-state index is 0.126. The molecule has 2 aromatic rings. The number of nitrogens with zero attached hydrogens (tertiary/aromatic N) is 6. The number of urea groups is 1. The summed E-state index contributed by atoms with van der Waals surface area (Å²) in [6.07, 6.45) is 3.36. The lowest BCUT2D eigenvalue weighted by Gasteiger charge is -2.28. The van der Waals surface area contributed by atoms with E-state index in [-0.39, 0.29) is 12.1 Å². The van der Waals surface area contributed by atoms with Crippen LogP contribution >= 0.6 is 0 Å². The molecule has 166 valence electrons. The molecule has 0 saturated carbocycles. The molecule has 0 spiro atoms. The standard InChI is InChI=1S/C22H25N7O3/c1-14(2)32-16-8-6-15(7-9-16)10-11-27-21-25-20-19(29(21)26(3)22(27)30)18(24-13-28(20)23)17-5-4-12-31-17/h4-9,12-14,21H,10-11,23H2,1-3H3. The van der Waals surface area contributed by atoms with Crippen molar-refractivity contribution in [3.63, 3.8) is 0 Å². The van der Waals surface area contributed by atoms with Gasteiger partial charge in [-0.2, -0.15) is 0 Å². The minimum atomic E-state index is -0.529. The van der Waals surface area contributed by atoms with Crippen LogP contribution in [0.1, 0.15) is 25.2 Å². The molecule has 0 bridgehead atoms. The van der Waals surface area contributed by atoms with Crippen molar-refractivity contribution in [2.75, 3.05) is 13.6 Å². The van der Waals surface area contributed by atoms with Gasteiger partial charge in [0.1, 0.15) is 23.5 Å². The van der Waals surface area contributed by atoms with Gasteiger partial charge in [-0.15, -0.1) is 0 Å². The van der Waals surface area contributed by atoms with Gasteiger partial charge in [0, 0.05) is 13.6 Å². The summed E-state index contributed by atoms with van der Waals surface area (Å²) < 4.78 is 11.3. The number of hydrazine groups is 2. The summed E-state index contributed by atoms with van der Waals surface area (Å²) in [6, 6.07) is 11.4. The van der Waals surface area contributed by atoms with Gasteiger partial charge in [0.05, 0.1) is 12.4 Å². The third-order valence-electron chi connectivity index (χ3n) is 5.49. The lowest BCUT2D eigenvalue weighted by molar-refractivity contribution is 0.0867. The van der Waals surface area contributed by atoms with Crippen LogP contribution in [0.15, 0.2) is 62.8 Å². The molecule has 10 nitrogen and oxygen atoms in total. The molecule has 0 aliphatic carbocycles. The molecule has 1 fully saturated rings. The number of carbonyl (C=O) groups excluding carboxylic acids is 1. The Kier molecular flexibility index (Phi) is 4.86. The van der Waals surface area contributed by atoms with E-state index in [4.69, 9.17) is 20.0 Å². The second-order valence-electron chi connectivity index (χ2n) is 8.03. The van der Waals surface area contributed by atoms with Crippen LogP contribution in [-0.4, -0.2) is 64.1 Å². The molecule has 10 heteroatoms. The van der Waals surface area contributed by atoms with E-state index in [1.807, 2.05) is 49.2 Å². The van der Waals surface area contributed by atoms with Crippen LogP contribution in [0.4, 0.5) is 4.79 Å². The van der Waals surface area contributed by atoms with Crippen molar-refractivity contribution in [2.45, 2.75) is 32.7 Å². The number of aliphatic imine (C=N–C) groups is 2. The molecular formula is C22H25N7O3. The van der Waals surface area contributed by atoms with Crippen LogP contribution in [0.5, 0.6) is 5.75 Å². The smallest absolute Gasteiger partial charge is 0.341 e. The zero-order valence-corrected chi connectivity index (χ0v) is 18.2. The van der Waals surface area contributed by atoms with Gasteiger partial charge in [-0.1, -0.05) is 12.1 Å². The Morgan fingerprint density at radius 3 is 2.69 bits per heavy atom. The van der Waals surface area contributed by atoms with Crippen molar-refractivity contribution in [2.24, 2.45) is 15.8 Å². The number of carbonyl (C=O) groups is 1. The van der Waals surface area contributed by atoms with Gasteiger partial charge in [0.25, 0.3) is 0 Å². The summed E-state index contributed by atoms with van der Waals surface area (Å²) in [7, 11) is 1.72. The SMILES string of the molecule is CC(C)Oc1ccc(CCN2C(=O)N(C)N3C4=C(c5ccco5)N=CN(N)C4=NC23)cc1. The quantitative estimate of drug-likeness (QED) is 0.700. The highest BCUT2D eigenvalue weighted by atomic mass is 16.5. The maximum Gasteiger partial charge on any atom is 0.341 e. The molecule has 1 aromatic heterocycles. The fourth-order valence-electron chi connectivity index (χ4n) is 4.03. The van der Waals surface area contributed by atoms with Crippen LogP contribution in [0.25, 0.3) is 5.70 Å². The summed E-state index contributed by atoms with van der Waals surface area (Å²) in [6.45, 7) is 4.49. The topological polar surface area (TPSA) is 103 Å². The van der Waals surface area contributed by atoms with Crippen molar-refractivity contribution in [3.8, 4) is 5.75 Å². The second kappa shape index (κ2) is 7.72. The molecule has 3 aliphatic heterocycles. The van der Waals surface area contributed by atoms with E-state index < -0.39 is 6.29 Å². The lowest BCUT2D eigenvalue weighted by atomic mass is 10.1. The van der Waals surface area contributed by atoms with E-state index in [9.17, 15) is 4.79 Å². The molecule has 1 aromatic carbocycles. The van der Waals surface area contributed by atoms with Crippen molar-refractivity contribution in [1.29, 1.82) is 0 Å². The third kappa shape index (κ3) is 3.28. The van der Waals surface area contributed by atoms with E-state index in [2.05, 4.69) is 4.99 Å². The largest absolute Gasteiger partial charge is 0.491 e. The first-order chi connectivity index (χ1) is 15.4. The molecule has 2 N–H and O–H groups in total. The first-order valence-electron chi connectivity index (χ1n) is 10.5. The van der Waals surface area contributed by atoms with Crippen LogP contribution in [0.3, 0.4) is 0 Å². The molecule has 32 heavy (non-hydrogen) atoms. The highest BCUT2D eigenvalue weighted by Crippen LogP contribution is 2.38. The Morgan fingerprint density at radius 1 is 1.22 bits per heavy atom. The molecular weight excluding hydrogens is 410 g/mol. The van der Waals surface area contributed by atoms with E-state index in [0.29, 0.717) is 36.0 Å². The van der Waals surface area contributed by atoms with Gasteiger partial charge in [0.15, 0.2) is 11.6 Å². The van der Waals surface area contributed by atoms with Crippen molar-refractivity contribution in [3.05, 3.63) is 59.7 Å². The zero-order valence-electron chi connectivity index (χ0n) is 18.2. The number of amides is 2. The molecule has 5 rings (SSSR count). The van der Waals surface area contributed by atoms with Gasteiger partial charge < -0.3 is 9.15 Å². The van der Waals surface area contributed by atoms with Crippen LogP contribution in [0, 0.1) is 0 Å². The molecule has 1 unspecified atom stereocenters. The first kappa shape index (κ1) is 20.1. The zero-order chi connectivity index (χ0) is 22.4. The summed E-state index contributed by atoms with van der Waals surface area (Å²) >= 11 is 0. The van der Waals surface area contributed by atoms with Gasteiger partial charge >= 0.3 is 6.03 Å². The number of hydrogen-bond donors (Lipinski definition) is 1. The Labute approximate surface area is 185 Å². The van der Waals surface area contributed by atoms with E-state index in [0.717, 1.165) is 11.3 Å². The van der Waals surface area contributed by atoms with Gasteiger partial charge in [0.2, 0.25) is 6.29 Å². The summed E-state index contributed by atoms with van der Waals surface area (Å²) in [5.74, 6) is 8.06. The predicted molar refractivity (Wildman–Crippen MR) is 119 cm³/mol. The highest BCUT2D eigenvalue weighted by molar-refractivity contribution is 6.12. The summed E-state index contributed by atoms with van der Waals surface area (Å²) in [5.41, 5.74) is 2.33. The minimum Gasteiger partial charge on any atom is -0.491 e. The molecule has 1 saturated heterocycles. The van der Waals surface area contributed by atoms with E-state index in [1.165, 1.54) is 11.3 Å². The molecule has 0 radical (unpaired) electrons. The number of benzene rings is 1. The number of amidine groups is 1. The average molecular weight is 435 g/mol. The lowest BCUT2D eigenvalue weighted by Crippen LogP contribution is -2.44. The number of nitrogens with two attached hydrogens (primary N) is 1. The maximum atomic E-state index is 13.1. The molecule has 1 atom stereocenters. The molecule has 3 aliphatic rings. The number of furan rings is 1. The normalized spacial score (nSPS) is 19.8. The van der Waals surface area contributed by atoms with Gasteiger partial charge in [-0.05, 0) is 50.1 Å². The van der Waals surface area contributed by atoms with Crippen molar-refractivity contribution < 1.29 is 13.9 Å². The van der Waals surface area contributed by atoms with Crippen molar-refractivity contribution in [1.82, 2.24) is 19.9 Å². The van der Waals surface area contributed by atoms with Crippen LogP contribution in [0.2, 0.25) is 0 Å². The highest BCUT2D eigenvalue weighted by Gasteiger charge is 2.51. The summed E-state index contributed by atoms with van der Waals surface area (Å²) in [5, 5.41) is 4.73. The number of fused-ring (bicyclic) bond motifs is 3. The third-order valence-corrected chi connectivity index (χ3v) is 5.49. The number of hydrogen-bond acceptors (Lipinski definition) is 8. The monoisotopic (exact) mass is 435 g/mol. The Bertz CT molecular complexity index is 1110. The molecule has 2 amide bonds. The predicted octanol–water partition coefficient (Wildman–Crippen LogP) is 2.48. The van der Waals surface area contributed by atoms with Crippen LogP contribution in [-0.2, 0) is 6.42 Å². The van der Waals surface area contributed by atoms with E-state index in [1.54, 1.807) is 29.3 Å². The molecule has 4 heterocycles. The van der Waals surface area contributed by atoms with E-state index >= 15 is 0 Å². The summed E-state index contributed by atoms with van der Waals surface area (Å²) in [4.78, 5) is 24.0. The fourth-order valence-corrected chi connectivity index (χ4v) is 4.03. The second-order valence-corrected chi connectivity index (χ2v) is 8.03. The maximum absolute atomic E-state index is 13.1. The Hall–Kier alpha value is -3.79.